The number of imidazole rings is 1. The Hall–Kier alpha value is -6.73. The molecule has 2 amide bonds. The first-order valence-corrected chi connectivity index (χ1v) is 24.1. The number of anilines is 3. The van der Waals surface area contributed by atoms with Crippen LogP contribution in [0.4, 0.5) is 17.5 Å². The molecular weight excluding hydrogens is 893 g/mol. The van der Waals surface area contributed by atoms with E-state index >= 15 is 0 Å². The van der Waals surface area contributed by atoms with Crippen molar-refractivity contribution in [1.82, 2.24) is 45.1 Å². The van der Waals surface area contributed by atoms with Gasteiger partial charge in [0, 0.05) is 54.6 Å². The highest BCUT2D eigenvalue weighted by molar-refractivity contribution is 6.06. The second-order valence-electron chi connectivity index (χ2n) is 20.2. The Morgan fingerprint density at radius 1 is 0.886 bits per heavy atom. The van der Waals surface area contributed by atoms with Gasteiger partial charge in [0.05, 0.1) is 48.3 Å². The molecule has 6 aromatic rings. The lowest BCUT2D eigenvalue weighted by atomic mass is 9.90. The number of H-pyrrole nitrogens is 1. The monoisotopic (exact) mass is 963 g/mol. The number of hydrogen-bond donors (Lipinski definition) is 7. The second-order valence-corrected chi connectivity index (χ2v) is 20.2. The molecule has 0 saturated carbocycles. The molecule has 376 valence electrons. The van der Waals surface area contributed by atoms with E-state index in [1.165, 1.54) is 6.20 Å². The van der Waals surface area contributed by atoms with E-state index < -0.39 is 29.1 Å². The minimum atomic E-state index is -1.14. The molecule has 1 atom stereocenters. The summed E-state index contributed by atoms with van der Waals surface area (Å²) in [5.74, 6) is -0.342. The van der Waals surface area contributed by atoms with Gasteiger partial charge in [-0.1, -0.05) is 59.2 Å². The highest BCUT2D eigenvalue weighted by Crippen LogP contribution is 2.33. The third-order valence-electron chi connectivity index (χ3n) is 12.2. The van der Waals surface area contributed by atoms with E-state index in [-0.39, 0.29) is 58.8 Å². The van der Waals surface area contributed by atoms with Crippen molar-refractivity contribution >= 4 is 68.3 Å². The third-order valence-corrected chi connectivity index (χ3v) is 12.2. The number of carbonyl (C=O) groups is 3. The average molecular weight is 963 g/mol. The number of para-hydroxylation sites is 1. The van der Waals surface area contributed by atoms with E-state index in [0.29, 0.717) is 62.8 Å². The Morgan fingerprint density at radius 3 is 2.37 bits per heavy atom. The summed E-state index contributed by atoms with van der Waals surface area (Å²) in [4.78, 5) is 74.3. The van der Waals surface area contributed by atoms with Crippen LogP contribution in [-0.4, -0.2) is 95.4 Å². The number of nitrogens with two attached hydrogens (primary N) is 2. The molecular formula is C51H70N12O7. The van der Waals surface area contributed by atoms with Crippen molar-refractivity contribution in [2.24, 2.45) is 10.8 Å². The summed E-state index contributed by atoms with van der Waals surface area (Å²) in [5.41, 5.74) is 15.0. The Labute approximate surface area is 408 Å². The van der Waals surface area contributed by atoms with Crippen LogP contribution in [0.1, 0.15) is 122 Å². The number of amides is 2. The number of nitrogens with one attached hydrogen (secondary N) is 4. The molecule has 1 unspecified atom stereocenters. The van der Waals surface area contributed by atoms with Gasteiger partial charge in [0.2, 0.25) is 11.9 Å². The van der Waals surface area contributed by atoms with Gasteiger partial charge in [0.25, 0.3) is 11.5 Å². The molecule has 0 radical (unpaired) electrons. The van der Waals surface area contributed by atoms with Gasteiger partial charge in [-0.25, -0.2) is 24.7 Å². The van der Waals surface area contributed by atoms with Gasteiger partial charge in [-0.3, -0.25) is 19.4 Å². The normalized spacial score (nSPS) is 12.7. The van der Waals surface area contributed by atoms with Crippen LogP contribution in [0.25, 0.3) is 33.1 Å². The maximum atomic E-state index is 13.0. The number of fused-ring (bicyclic) bond motifs is 4. The summed E-state index contributed by atoms with van der Waals surface area (Å²) >= 11 is 0. The summed E-state index contributed by atoms with van der Waals surface area (Å²) < 4.78 is 15.1. The molecule has 0 bridgehead atoms. The molecule has 0 saturated heterocycles. The first kappa shape index (κ1) is 52.6. The van der Waals surface area contributed by atoms with Crippen molar-refractivity contribution in [3.8, 4) is 0 Å². The lowest BCUT2D eigenvalue weighted by Gasteiger charge is -2.31. The second kappa shape index (κ2) is 23.3. The van der Waals surface area contributed by atoms with Gasteiger partial charge in [-0.2, -0.15) is 4.98 Å². The van der Waals surface area contributed by atoms with Gasteiger partial charge >= 0.3 is 5.97 Å². The number of hydrogen-bond acceptors (Lipinski definition) is 14. The van der Waals surface area contributed by atoms with Gasteiger partial charge < -0.3 is 46.6 Å². The number of ether oxygens (including phenoxy) is 2. The first-order valence-electron chi connectivity index (χ1n) is 24.1. The number of benzene rings is 2. The van der Waals surface area contributed by atoms with Crippen LogP contribution in [0.3, 0.4) is 0 Å². The van der Waals surface area contributed by atoms with Crippen LogP contribution in [0.15, 0.2) is 59.5 Å². The SMILES string of the molecule is CCCCc1nc2c(N)nc3ccccc3c2n1CC(C)(C)COCC(C)(C)CCOC(C)(C)CCC(=O)NCCCCC(NC(=O)c1ccc(NCc2cnc3nc(N)[nH]c(=O)c3n2)cc1)C(=O)O. The number of aryl methyl sites for hydroxylation is 1. The summed E-state index contributed by atoms with van der Waals surface area (Å²) in [6.07, 6.45) is 7.26. The molecule has 9 N–H and O–H groups in total. The predicted molar refractivity (Wildman–Crippen MR) is 272 cm³/mol. The van der Waals surface area contributed by atoms with Crippen molar-refractivity contribution < 1.29 is 29.0 Å². The number of pyridine rings is 1. The average Bonchev–Trinajstić information content (AvgIpc) is 3.66. The van der Waals surface area contributed by atoms with E-state index in [1.807, 2.05) is 32.0 Å². The number of aliphatic carboxylic acids is 1. The van der Waals surface area contributed by atoms with Crippen LogP contribution >= 0.6 is 0 Å². The number of nitrogens with zero attached hydrogens (tertiary/aromatic N) is 6. The fourth-order valence-corrected chi connectivity index (χ4v) is 8.12. The molecule has 0 fully saturated rings. The highest BCUT2D eigenvalue weighted by Gasteiger charge is 2.28. The van der Waals surface area contributed by atoms with Crippen molar-refractivity contribution in [3.63, 3.8) is 0 Å². The minimum absolute atomic E-state index is 0.0465. The maximum absolute atomic E-state index is 13.0. The van der Waals surface area contributed by atoms with Gasteiger partial charge in [-0.05, 0) is 88.1 Å². The zero-order valence-electron chi connectivity index (χ0n) is 41.6. The molecule has 19 heteroatoms. The predicted octanol–water partition coefficient (Wildman–Crippen LogP) is 6.93. The van der Waals surface area contributed by atoms with Crippen molar-refractivity contribution in [1.29, 1.82) is 0 Å². The number of carboxylic acids is 1. The van der Waals surface area contributed by atoms with Crippen molar-refractivity contribution in [3.05, 3.63) is 82.2 Å². The summed E-state index contributed by atoms with van der Waals surface area (Å²) in [7, 11) is 0. The molecule has 0 aliphatic heterocycles. The van der Waals surface area contributed by atoms with Crippen molar-refractivity contribution in [2.45, 2.75) is 131 Å². The Morgan fingerprint density at radius 2 is 1.63 bits per heavy atom. The largest absolute Gasteiger partial charge is 0.480 e. The number of carboxylic acid groups (broad SMARTS) is 1. The quantitative estimate of drug-likeness (QED) is 0.0258. The molecule has 6 rings (SSSR count). The Bertz CT molecular complexity index is 2820. The standard InChI is InChI=1S/C51H70N12O7/c1-8-9-17-38-60-40-42(35-14-10-11-15-36(35)58-43(40)52)63(38)29-50(4,5)31-69-30-49(2,3)24-26-70-51(6,7)23-22-39(64)54-25-13-12-16-37(47(67)68)59-45(65)32-18-20-33(21-19-32)55-27-34-28-56-44-41(57-34)46(66)62-48(53)61-44/h10-11,14-15,18-21,28,37,55H,8-9,12-13,16-17,22-27,29-31H2,1-7H3,(H2,52,58)(H,54,64)(H,59,65)(H,67,68)(H3,53,56,61,62,66). The fourth-order valence-electron chi connectivity index (χ4n) is 8.12. The lowest BCUT2D eigenvalue weighted by molar-refractivity contribution is -0.139. The Balaban J connectivity index is 0.859. The molecule has 0 aliphatic carbocycles. The third kappa shape index (κ3) is 14.6. The Kier molecular flexibility index (Phi) is 17.5. The summed E-state index contributed by atoms with van der Waals surface area (Å²) in [5, 5.41) is 19.5. The number of aromatic nitrogens is 7. The number of nitrogen functional groups attached to an aromatic ring is 2. The van der Waals surface area contributed by atoms with E-state index in [9.17, 15) is 24.3 Å². The molecule has 2 aromatic carbocycles. The van der Waals surface area contributed by atoms with Crippen molar-refractivity contribution in [2.75, 3.05) is 43.1 Å². The smallest absolute Gasteiger partial charge is 0.326 e. The highest BCUT2D eigenvalue weighted by atomic mass is 16.5. The minimum Gasteiger partial charge on any atom is -0.480 e. The topological polar surface area (TPSA) is 280 Å². The lowest BCUT2D eigenvalue weighted by Crippen LogP contribution is -2.40. The summed E-state index contributed by atoms with van der Waals surface area (Å²) in [6.45, 7) is 18.0. The van der Waals surface area contributed by atoms with E-state index in [4.69, 9.17) is 25.9 Å². The zero-order chi connectivity index (χ0) is 50.6. The zero-order valence-corrected chi connectivity index (χ0v) is 41.6. The van der Waals surface area contributed by atoms with Crippen LogP contribution in [0, 0.1) is 10.8 Å². The molecule has 0 spiro atoms. The van der Waals surface area contributed by atoms with E-state index in [1.54, 1.807) is 24.3 Å². The number of rotatable bonds is 27. The van der Waals surface area contributed by atoms with Gasteiger partial charge in [0.1, 0.15) is 17.4 Å². The summed E-state index contributed by atoms with van der Waals surface area (Å²) in [6, 6.07) is 13.5. The van der Waals surface area contributed by atoms with Crippen LogP contribution in [0.2, 0.25) is 0 Å². The molecule has 0 aliphatic rings. The molecule has 70 heavy (non-hydrogen) atoms. The number of aromatic amines is 1. The van der Waals surface area contributed by atoms with Crippen LogP contribution in [-0.2, 0) is 38.6 Å². The fraction of sp³-hybridized carbons (Fsp3) is 0.510. The molecule has 4 aromatic heterocycles. The van der Waals surface area contributed by atoms with Gasteiger partial charge in [-0.15, -0.1) is 0 Å². The van der Waals surface area contributed by atoms with E-state index in [0.717, 1.165) is 60.0 Å². The van der Waals surface area contributed by atoms with Crippen LogP contribution in [0.5, 0.6) is 0 Å². The van der Waals surface area contributed by atoms with E-state index in [2.05, 4.69) is 86.1 Å². The van der Waals surface area contributed by atoms with Crippen LogP contribution < -0.4 is 33.0 Å². The number of unbranched alkanes of at least 4 members (excludes halogenated alkanes) is 2. The maximum Gasteiger partial charge on any atom is 0.326 e. The molecule has 19 nitrogen and oxygen atoms in total. The number of carbonyl (C=O) groups excluding carboxylic acids is 2. The molecule has 4 heterocycles. The first-order chi connectivity index (χ1) is 33.2. The van der Waals surface area contributed by atoms with Gasteiger partial charge in [0.15, 0.2) is 17.0 Å².